The summed E-state index contributed by atoms with van der Waals surface area (Å²) in [5, 5.41) is 0. The van der Waals surface area contributed by atoms with E-state index in [9.17, 15) is 9.59 Å². The van der Waals surface area contributed by atoms with E-state index in [1.165, 1.54) is 17.1 Å². The highest BCUT2D eigenvalue weighted by Gasteiger charge is 2.31. The normalized spacial score (nSPS) is 16.7. The van der Waals surface area contributed by atoms with Crippen molar-refractivity contribution in [3.63, 3.8) is 0 Å². The van der Waals surface area contributed by atoms with Gasteiger partial charge in [0.25, 0.3) is 11.8 Å². The number of rotatable bonds is 3. The number of carbonyl (C=O) groups is 2. The third-order valence-electron chi connectivity index (χ3n) is 3.09. The molecule has 88 valence electrons. The molecule has 0 radical (unpaired) electrons. The number of imide groups is 1. The SMILES string of the molecule is CC[C@@H](c1ccccc1C)N1C(=O)C=CC1=O. The first-order valence-corrected chi connectivity index (χ1v) is 5.76. The van der Waals surface area contributed by atoms with E-state index in [-0.39, 0.29) is 17.9 Å². The van der Waals surface area contributed by atoms with E-state index in [1.807, 2.05) is 38.1 Å². The van der Waals surface area contributed by atoms with E-state index >= 15 is 0 Å². The fourth-order valence-electron chi connectivity index (χ4n) is 2.22. The summed E-state index contributed by atoms with van der Waals surface area (Å²) in [7, 11) is 0. The van der Waals surface area contributed by atoms with Crippen LogP contribution in [0, 0.1) is 6.92 Å². The maximum absolute atomic E-state index is 11.7. The second-order valence-electron chi connectivity index (χ2n) is 4.16. The molecule has 17 heavy (non-hydrogen) atoms. The molecule has 0 fully saturated rings. The average molecular weight is 229 g/mol. The van der Waals surface area contributed by atoms with Crippen LogP contribution in [0.15, 0.2) is 36.4 Å². The Kier molecular flexibility index (Phi) is 3.09. The summed E-state index contributed by atoms with van der Waals surface area (Å²) >= 11 is 0. The van der Waals surface area contributed by atoms with Crippen molar-refractivity contribution in [1.82, 2.24) is 4.90 Å². The molecule has 0 saturated carbocycles. The molecule has 1 heterocycles. The van der Waals surface area contributed by atoms with Gasteiger partial charge >= 0.3 is 0 Å². The standard InChI is InChI=1S/C14H15NO2/c1-3-12(11-7-5-4-6-10(11)2)15-13(16)8-9-14(15)17/h4-9,12H,3H2,1-2H3/t12-/m0/s1. The summed E-state index contributed by atoms with van der Waals surface area (Å²) in [5.74, 6) is -0.435. The van der Waals surface area contributed by atoms with E-state index in [0.717, 1.165) is 17.5 Å². The van der Waals surface area contributed by atoms with Crippen molar-refractivity contribution in [3.05, 3.63) is 47.5 Å². The highest BCUT2D eigenvalue weighted by molar-refractivity contribution is 6.13. The highest BCUT2D eigenvalue weighted by atomic mass is 16.2. The molecular formula is C14H15NO2. The van der Waals surface area contributed by atoms with Gasteiger partial charge in [-0.2, -0.15) is 0 Å². The molecule has 0 saturated heterocycles. The summed E-state index contributed by atoms with van der Waals surface area (Å²) in [4.78, 5) is 24.7. The van der Waals surface area contributed by atoms with Crippen molar-refractivity contribution in [3.8, 4) is 0 Å². The van der Waals surface area contributed by atoms with E-state index < -0.39 is 0 Å². The fourth-order valence-corrected chi connectivity index (χ4v) is 2.22. The van der Waals surface area contributed by atoms with Gasteiger partial charge in [-0.15, -0.1) is 0 Å². The van der Waals surface area contributed by atoms with Gasteiger partial charge in [0.15, 0.2) is 0 Å². The second kappa shape index (κ2) is 4.53. The van der Waals surface area contributed by atoms with E-state index in [2.05, 4.69) is 0 Å². The first-order valence-electron chi connectivity index (χ1n) is 5.76. The number of aryl methyl sites for hydroxylation is 1. The Balaban J connectivity index is 2.38. The van der Waals surface area contributed by atoms with Crippen molar-refractivity contribution < 1.29 is 9.59 Å². The Morgan fingerprint density at radius 2 is 1.71 bits per heavy atom. The lowest BCUT2D eigenvalue weighted by Crippen LogP contribution is -2.34. The van der Waals surface area contributed by atoms with Gasteiger partial charge in [-0.1, -0.05) is 31.2 Å². The molecule has 2 rings (SSSR count). The molecule has 2 amide bonds. The van der Waals surface area contributed by atoms with Crippen molar-refractivity contribution in [2.75, 3.05) is 0 Å². The monoisotopic (exact) mass is 229 g/mol. The molecule has 0 spiro atoms. The number of hydrogen-bond donors (Lipinski definition) is 0. The lowest BCUT2D eigenvalue weighted by atomic mass is 9.98. The van der Waals surface area contributed by atoms with Gasteiger partial charge in [0, 0.05) is 12.2 Å². The molecule has 0 aromatic heterocycles. The quantitative estimate of drug-likeness (QED) is 0.746. The maximum Gasteiger partial charge on any atom is 0.254 e. The van der Waals surface area contributed by atoms with Gasteiger partial charge in [0.2, 0.25) is 0 Å². The third-order valence-corrected chi connectivity index (χ3v) is 3.09. The van der Waals surface area contributed by atoms with Gasteiger partial charge in [0.1, 0.15) is 0 Å². The minimum atomic E-state index is -0.217. The molecule has 0 N–H and O–H groups in total. The molecule has 3 nitrogen and oxygen atoms in total. The van der Waals surface area contributed by atoms with Crippen LogP contribution in [0.2, 0.25) is 0 Å². The molecular weight excluding hydrogens is 214 g/mol. The predicted octanol–water partition coefficient (Wildman–Crippen LogP) is 2.37. The smallest absolute Gasteiger partial charge is 0.254 e. The summed E-state index contributed by atoms with van der Waals surface area (Å²) in [5.41, 5.74) is 2.15. The molecule has 1 aliphatic heterocycles. The zero-order chi connectivity index (χ0) is 12.4. The number of amides is 2. The highest BCUT2D eigenvalue weighted by Crippen LogP contribution is 2.29. The molecule has 1 aliphatic rings. The molecule has 0 unspecified atom stereocenters. The van der Waals surface area contributed by atoms with Crippen LogP contribution in [0.3, 0.4) is 0 Å². The van der Waals surface area contributed by atoms with Crippen LogP contribution in [0.4, 0.5) is 0 Å². The summed E-state index contributed by atoms with van der Waals surface area (Å²) in [6, 6.07) is 7.70. The van der Waals surface area contributed by atoms with Crippen molar-refractivity contribution >= 4 is 11.8 Å². The summed E-state index contributed by atoms with van der Waals surface area (Å²) in [6.45, 7) is 3.98. The van der Waals surface area contributed by atoms with E-state index in [1.54, 1.807) is 0 Å². The Bertz CT molecular complexity index is 473. The maximum atomic E-state index is 11.7. The average Bonchev–Trinajstić information content (AvgIpc) is 2.64. The lowest BCUT2D eigenvalue weighted by Gasteiger charge is -2.26. The molecule has 1 aromatic carbocycles. The first kappa shape index (κ1) is 11.6. The van der Waals surface area contributed by atoms with Crippen molar-refractivity contribution in [2.24, 2.45) is 0 Å². The lowest BCUT2D eigenvalue weighted by molar-refractivity contribution is -0.139. The minimum Gasteiger partial charge on any atom is -0.269 e. The van der Waals surface area contributed by atoms with E-state index in [0.29, 0.717) is 0 Å². The Labute approximate surface area is 101 Å². The second-order valence-corrected chi connectivity index (χ2v) is 4.16. The zero-order valence-corrected chi connectivity index (χ0v) is 10.0. The van der Waals surface area contributed by atoms with Crippen LogP contribution >= 0.6 is 0 Å². The molecule has 0 bridgehead atoms. The van der Waals surface area contributed by atoms with Crippen LogP contribution in [-0.4, -0.2) is 16.7 Å². The molecule has 0 aliphatic carbocycles. The molecule has 3 heteroatoms. The largest absolute Gasteiger partial charge is 0.269 e. The van der Waals surface area contributed by atoms with Gasteiger partial charge in [0.05, 0.1) is 6.04 Å². The van der Waals surface area contributed by atoms with Gasteiger partial charge in [-0.25, -0.2) is 0 Å². The minimum absolute atomic E-state index is 0.161. The molecule has 1 atom stereocenters. The number of carbonyl (C=O) groups excluding carboxylic acids is 2. The Morgan fingerprint density at radius 1 is 1.12 bits per heavy atom. The zero-order valence-electron chi connectivity index (χ0n) is 10.0. The van der Waals surface area contributed by atoms with Gasteiger partial charge < -0.3 is 0 Å². The fraction of sp³-hybridized carbons (Fsp3) is 0.286. The van der Waals surface area contributed by atoms with Gasteiger partial charge in [-0.3, -0.25) is 14.5 Å². The topological polar surface area (TPSA) is 37.4 Å². The van der Waals surface area contributed by atoms with Crippen LogP contribution in [0.5, 0.6) is 0 Å². The van der Waals surface area contributed by atoms with Crippen molar-refractivity contribution in [1.29, 1.82) is 0 Å². The first-order chi connectivity index (χ1) is 8.15. The van der Waals surface area contributed by atoms with Crippen LogP contribution < -0.4 is 0 Å². The Morgan fingerprint density at radius 3 is 2.24 bits per heavy atom. The van der Waals surface area contributed by atoms with Gasteiger partial charge in [-0.05, 0) is 24.5 Å². The van der Waals surface area contributed by atoms with Crippen LogP contribution in [-0.2, 0) is 9.59 Å². The predicted molar refractivity (Wildman–Crippen MR) is 65.2 cm³/mol. The number of benzene rings is 1. The third kappa shape index (κ3) is 2.00. The number of hydrogen-bond acceptors (Lipinski definition) is 2. The number of nitrogens with zero attached hydrogens (tertiary/aromatic N) is 1. The summed E-state index contributed by atoms with van der Waals surface area (Å²) < 4.78 is 0. The van der Waals surface area contributed by atoms with Crippen LogP contribution in [0.1, 0.15) is 30.5 Å². The molecule has 1 aromatic rings. The van der Waals surface area contributed by atoms with E-state index in [4.69, 9.17) is 0 Å². The Hall–Kier alpha value is -1.90. The van der Waals surface area contributed by atoms with Crippen LogP contribution in [0.25, 0.3) is 0 Å². The van der Waals surface area contributed by atoms with Crippen molar-refractivity contribution in [2.45, 2.75) is 26.3 Å². The summed E-state index contributed by atoms with van der Waals surface area (Å²) in [6.07, 6.45) is 3.40.